The molecule has 4 heteroatoms. The standard InChI is InChI=1S/C12H22.3CH4O.Ti/c1-3-11-9(2)8-10-6-4-5-7-12(10)11;3*1-2;/h9-12H,3-8H2,1-2H3;3*2H,1H3;. The van der Waals surface area contributed by atoms with E-state index < -0.39 is 0 Å². The molecule has 2 aliphatic rings. The van der Waals surface area contributed by atoms with Gasteiger partial charge in [0.05, 0.1) is 0 Å². The Morgan fingerprint density at radius 3 is 1.84 bits per heavy atom. The molecule has 0 spiro atoms. The monoisotopic (exact) mass is 310 g/mol. The number of aliphatic hydroxyl groups is 3. The van der Waals surface area contributed by atoms with Crippen molar-refractivity contribution in [3.8, 4) is 0 Å². The van der Waals surface area contributed by atoms with E-state index in [1.807, 2.05) is 0 Å². The summed E-state index contributed by atoms with van der Waals surface area (Å²) in [5, 5.41) is 21.0. The van der Waals surface area contributed by atoms with E-state index >= 15 is 0 Å². The van der Waals surface area contributed by atoms with Gasteiger partial charge in [0.25, 0.3) is 0 Å². The second-order valence-electron chi connectivity index (χ2n) is 4.99. The van der Waals surface area contributed by atoms with E-state index in [0.717, 1.165) is 45.0 Å². The predicted octanol–water partition coefficient (Wildman–Crippen LogP) is 2.68. The van der Waals surface area contributed by atoms with Gasteiger partial charge in [-0.15, -0.1) is 0 Å². The topological polar surface area (TPSA) is 60.7 Å². The zero-order valence-electron chi connectivity index (χ0n) is 13.4. The van der Waals surface area contributed by atoms with Gasteiger partial charge in [-0.25, -0.2) is 0 Å². The maximum Gasteiger partial charge on any atom is 0.0319 e. The predicted molar refractivity (Wildman–Crippen MR) is 77.4 cm³/mol. The first kappa shape index (κ1) is 24.6. The van der Waals surface area contributed by atoms with E-state index in [0.29, 0.717) is 0 Å². The van der Waals surface area contributed by atoms with Crippen molar-refractivity contribution in [2.75, 3.05) is 21.3 Å². The Bertz CT molecular complexity index is 167. The van der Waals surface area contributed by atoms with Crippen LogP contribution in [0.15, 0.2) is 0 Å². The van der Waals surface area contributed by atoms with Crippen molar-refractivity contribution in [1.82, 2.24) is 0 Å². The summed E-state index contributed by atoms with van der Waals surface area (Å²) < 4.78 is 0. The van der Waals surface area contributed by atoms with E-state index in [1.54, 1.807) is 19.3 Å². The van der Waals surface area contributed by atoms with Gasteiger partial charge in [0.15, 0.2) is 0 Å². The van der Waals surface area contributed by atoms with Crippen molar-refractivity contribution in [1.29, 1.82) is 0 Å². The second kappa shape index (κ2) is 16.6. The van der Waals surface area contributed by atoms with E-state index in [4.69, 9.17) is 15.3 Å². The first-order valence-corrected chi connectivity index (χ1v) is 7.17. The summed E-state index contributed by atoms with van der Waals surface area (Å²) in [5.74, 6) is 4.36. The van der Waals surface area contributed by atoms with E-state index in [-0.39, 0.29) is 21.7 Å². The van der Waals surface area contributed by atoms with Crippen LogP contribution in [0.3, 0.4) is 0 Å². The third kappa shape index (κ3) is 7.82. The fraction of sp³-hybridized carbons (Fsp3) is 1.00. The number of fused-ring (bicyclic) bond motifs is 1. The second-order valence-corrected chi connectivity index (χ2v) is 4.99. The molecule has 4 atom stereocenters. The van der Waals surface area contributed by atoms with Gasteiger partial charge in [-0.05, 0) is 36.5 Å². The fourth-order valence-electron chi connectivity index (χ4n) is 3.87. The van der Waals surface area contributed by atoms with E-state index in [1.165, 1.54) is 19.3 Å². The molecule has 0 amide bonds. The minimum Gasteiger partial charge on any atom is -0.400 e. The zero-order valence-corrected chi connectivity index (χ0v) is 15.0. The largest absolute Gasteiger partial charge is 0.400 e. The van der Waals surface area contributed by atoms with E-state index in [2.05, 4.69) is 13.8 Å². The van der Waals surface area contributed by atoms with Gasteiger partial charge in [0.1, 0.15) is 0 Å². The van der Waals surface area contributed by atoms with Crippen LogP contribution in [0.2, 0.25) is 0 Å². The summed E-state index contributed by atoms with van der Waals surface area (Å²) in [4.78, 5) is 0. The molecular formula is C15H34O3Ti. The average Bonchev–Trinajstić information content (AvgIpc) is 2.80. The third-order valence-corrected chi connectivity index (χ3v) is 4.39. The van der Waals surface area contributed by atoms with Crippen LogP contribution in [-0.2, 0) is 21.7 Å². The van der Waals surface area contributed by atoms with Crippen LogP contribution >= 0.6 is 0 Å². The van der Waals surface area contributed by atoms with Crippen molar-refractivity contribution >= 4 is 0 Å². The summed E-state index contributed by atoms with van der Waals surface area (Å²) in [7, 11) is 3.00. The molecule has 0 bridgehead atoms. The molecule has 0 aromatic carbocycles. The summed E-state index contributed by atoms with van der Waals surface area (Å²) in [6.45, 7) is 4.87. The van der Waals surface area contributed by atoms with Gasteiger partial charge in [-0.3, -0.25) is 0 Å². The fourth-order valence-corrected chi connectivity index (χ4v) is 3.87. The van der Waals surface area contributed by atoms with Gasteiger partial charge in [-0.1, -0.05) is 39.5 Å². The molecule has 2 saturated carbocycles. The van der Waals surface area contributed by atoms with Gasteiger partial charge in [-0.2, -0.15) is 0 Å². The molecule has 2 rings (SSSR count). The molecule has 4 unspecified atom stereocenters. The molecule has 0 aliphatic heterocycles. The smallest absolute Gasteiger partial charge is 0.0319 e. The Balaban J connectivity index is -0.000000325. The van der Waals surface area contributed by atoms with Crippen LogP contribution in [-0.4, -0.2) is 36.6 Å². The van der Waals surface area contributed by atoms with Crippen LogP contribution < -0.4 is 0 Å². The molecule has 2 fully saturated rings. The molecule has 0 radical (unpaired) electrons. The van der Waals surface area contributed by atoms with Crippen LogP contribution in [0.1, 0.15) is 52.4 Å². The van der Waals surface area contributed by atoms with Crippen LogP contribution in [0.25, 0.3) is 0 Å². The molecular weight excluding hydrogens is 276 g/mol. The van der Waals surface area contributed by atoms with Gasteiger partial charge in [0, 0.05) is 43.0 Å². The van der Waals surface area contributed by atoms with Gasteiger partial charge in [0.2, 0.25) is 0 Å². The SMILES string of the molecule is CCC1C(C)CC2CCCCC21.CO.CO.CO.[Ti]. The van der Waals surface area contributed by atoms with Crippen molar-refractivity contribution in [3.63, 3.8) is 0 Å². The molecule has 116 valence electrons. The Hall–Kier alpha value is 0.594. The Morgan fingerprint density at radius 2 is 1.37 bits per heavy atom. The normalized spacial score (nSPS) is 30.9. The summed E-state index contributed by atoms with van der Waals surface area (Å²) in [6, 6.07) is 0. The maximum absolute atomic E-state index is 7.00. The molecule has 0 aromatic heterocycles. The summed E-state index contributed by atoms with van der Waals surface area (Å²) in [6.07, 6.45) is 9.11. The van der Waals surface area contributed by atoms with Gasteiger partial charge >= 0.3 is 0 Å². The third-order valence-electron chi connectivity index (χ3n) is 4.39. The Kier molecular flexibility index (Phi) is 21.6. The van der Waals surface area contributed by atoms with Crippen molar-refractivity contribution in [3.05, 3.63) is 0 Å². The van der Waals surface area contributed by atoms with Crippen LogP contribution in [0, 0.1) is 23.7 Å². The Labute approximate surface area is 134 Å². The van der Waals surface area contributed by atoms with Crippen molar-refractivity contribution in [2.45, 2.75) is 52.4 Å². The summed E-state index contributed by atoms with van der Waals surface area (Å²) >= 11 is 0. The van der Waals surface area contributed by atoms with Crippen LogP contribution in [0.4, 0.5) is 0 Å². The van der Waals surface area contributed by atoms with E-state index in [9.17, 15) is 0 Å². The first-order valence-electron chi connectivity index (χ1n) is 7.17. The quantitative estimate of drug-likeness (QED) is 0.653. The minimum absolute atomic E-state index is 0. The molecule has 2 aliphatic carbocycles. The van der Waals surface area contributed by atoms with Crippen molar-refractivity contribution in [2.24, 2.45) is 23.7 Å². The van der Waals surface area contributed by atoms with Gasteiger partial charge < -0.3 is 15.3 Å². The molecule has 19 heavy (non-hydrogen) atoms. The number of aliphatic hydroxyl groups excluding tert-OH is 3. The molecule has 0 aromatic rings. The summed E-state index contributed by atoms with van der Waals surface area (Å²) in [5.41, 5.74) is 0. The zero-order chi connectivity index (χ0) is 14.6. The maximum atomic E-state index is 7.00. The molecule has 3 N–H and O–H groups in total. The minimum atomic E-state index is 0. The first-order chi connectivity index (χ1) is 8.83. The number of hydrogen-bond donors (Lipinski definition) is 3. The van der Waals surface area contributed by atoms with Crippen LogP contribution in [0.5, 0.6) is 0 Å². The number of hydrogen-bond acceptors (Lipinski definition) is 3. The molecule has 3 nitrogen and oxygen atoms in total. The Morgan fingerprint density at radius 1 is 0.895 bits per heavy atom. The average molecular weight is 310 g/mol. The van der Waals surface area contributed by atoms with Crippen molar-refractivity contribution < 1.29 is 37.0 Å². The molecule has 0 saturated heterocycles. The number of rotatable bonds is 1. The molecule has 0 heterocycles.